The van der Waals surface area contributed by atoms with Crippen molar-refractivity contribution in [3.05, 3.63) is 0 Å². The van der Waals surface area contributed by atoms with Crippen LogP contribution < -0.4 is 0 Å². The molecule has 0 spiro atoms. The van der Waals surface area contributed by atoms with Crippen molar-refractivity contribution in [2.24, 2.45) is 0 Å². The van der Waals surface area contributed by atoms with Gasteiger partial charge in [0.15, 0.2) is 9.84 Å². The zero-order valence-corrected chi connectivity index (χ0v) is 11.7. The fourth-order valence-electron chi connectivity index (χ4n) is 2.34. The third-order valence-electron chi connectivity index (χ3n) is 3.73. The van der Waals surface area contributed by atoms with Gasteiger partial charge in [-0.1, -0.05) is 6.92 Å². The lowest BCUT2D eigenvalue weighted by molar-refractivity contribution is -0.156. The highest BCUT2D eigenvalue weighted by atomic mass is 32.2. The highest BCUT2D eigenvalue weighted by molar-refractivity contribution is 7.92. The molecule has 1 fully saturated rings. The van der Waals surface area contributed by atoms with Crippen LogP contribution in [0.25, 0.3) is 0 Å². The van der Waals surface area contributed by atoms with E-state index in [0.717, 1.165) is 6.26 Å². The molecule has 18 heavy (non-hydrogen) atoms. The van der Waals surface area contributed by atoms with Crippen LogP contribution in [0.2, 0.25) is 0 Å². The number of sulfone groups is 1. The summed E-state index contributed by atoms with van der Waals surface area (Å²) in [6.45, 7) is 3.31. The molecule has 2 atom stereocenters. The van der Waals surface area contributed by atoms with Gasteiger partial charge in [-0.25, -0.2) is 13.2 Å². The molecule has 1 amide bonds. The van der Waals surface area contributed by atoms with Crippen LogP contribution in [-0.2, 0) is 19.4 Å². The Kier molecular flexibility index (Phi) is 4.05. The number of nitrogens with zero attached hydrogens (tertiary/aromatic N) is 1. The Hall–Kier alpha value is -1.11. The highest BCUT2D eigenvalue weighted by Crippen LogP contribution is 2.33. The quantitative estimate of drug-likeness (QED) is 0.796. The predicted octanol–water partition coefficient (Wildman–Crippen LogP) is 0.275. The SMILES string of the molecule is CCC1(C(=O)O)CCCN1C(=O)C(C)S(C)(=O)=O. The standard InChI is InChI=1S/C11H19NO5S/c1-4-11(10(14)15)6-5-7-12(11)9(13)8(2)18(3,16)17/h8H,4-7H2,1-3H3,(H,14,15). The molecule has 2 unspecified atom stereocenters. The van der Waals surface area contributed by atoms with E-state index in [-0.39, 0.29) is 6.42 Å². The van der Waals surface area contributed by atoms with Crippen LogP contribution in [0.4, 0.5) is 0 Å². The lowest BCUT2D eigenvalue weighted by atomic mass is 9.93. The van der Waals surface area contributed by atoms with Crippen LogP contribution in [0.3, 0.4) is 0 Å². The lowest BCUT2D eigenvalue weighted by Crippen LogP contribution is -2.55. The summed E-state index contributed by atoms with van der Waals surface area (Å²) in [6.07, 6.45) is 2.23. The normalized spacial score (nSPS) is 26.1. The molecule has 104 valence electrons. The maximum absolute atomic E-state index is 12.2. The van der Waals surface area contributed by atoms with E-state index in [1.807, 2.05) is 0 Å². The van der Waals surface area contributed by atoms with E-state index < -0.39 is 32.5 Å². The minimum absolute atomic E-state index is 0.282. The maximum atomic E-state index is 12.2. The maximum Gasteiger partial charge on any atom is 0.329 e. The van der Waals surface area contributed by atoms with Gasteiger partial charge in [-0.3, -0.25) is 4.79 Å². The summed E-state index contributed by atoms with van der Waals surface area (Å²) >= 11 is 0. The van der Waals surface area contributed by atoms with Crippen molar-refractivity contribution in [3.8, 4) is 0 Å². The summed E-state index contributed by atoms with van der Waals surface area (Å²) in [4.78, 5) is 24.8. The molecular formula is C11H19NO5S. The van der Waals surface area contributed by atoms with E-state index in [9.17, 15) is 23.1 Å². The molecule has 0 aromatic carbocycles. The Morgan fingerprint density at radius 1 is 1.44 bits per heavy atom. The van der Waals surface area contributed by atoms with Crippen LogP contribution in [0, 0.1) is 0 Å². The molecule has 1 N–H and O–H groups in total. The number of hydrogen-bond donors (Lipinski definition) is 1. The van der Waals surface area contributed by atoms with Crippen LogP contribution in [0.5, 0.6) is 0 Å². The average Bonchev–Trinajstić information content (AvgIpc) is 2.70. The second-order valence-electron chi connectivity index (χ2n) is 4.76. The Balaban J connectivity index is 3.09. The zero-order valence-electron chi connectivity index (χ0n) is 10.8. The number of carbonyl (C=O) groups excluding carboxylic acids is 1. The van der Waals surface area contributed by atoms with Crippen molar-refractivity contribution in [2.45, 2.75) is 43.9 Å². The van der Waals surface area contributed by atoms with Gasteiger partial charge in [0, 0.05) is 12.8 Å². The molecule has 0 aromatic heterocycles. The van der Waals surface area contributed by atoms with E-state index in [4.69, 9.17) is 0 Å². The number of hydrogen-bond acceptors (Lipinski definition) is 4. The Morgan fingerprint density at radius 3 is 2.39 bits per heavy atom. The minimum atomic E-state index is -3.51. The van der Waals surface area contributed by atoms with Crippen molar-refractivity contribution in [1.29, 1.82) is 0 Å². The number of carboxylic acids is 1. The average molecular weight is 277 g/mol. The fraction of sp³-hybridized carbons (Fsp3) is 0.818. The summed E-state index contributed by atoms with van der Waals surface area (Å²) in [7, 11) is -3.51. The van der Waals surface area contributed by atoms with Crippen LogP contribution in [-0.4, -0.2) is 53.9 Å². The largest absolute Gasteiger partial charge is 0.479 e. The van der Waals surface area contributed by atoms with Crippen LogP contribution >= 0.6 is 0 Å². The van der Waals surface area contributed by atoms with Crippen molar-refractivity contribution in [2.75, 3.05) is 12.8 Å². The molecule has 6 nitrogen and oxygen atoms in total. The van der Waals surface area contributed by atoms with Crippen molar-refractivity contribution >= 4 is 21.7 Å². The van der Waals surface area contributed by atoms with E-state index >= 15 is 0 Å². The molecular weight excluding hydrogens is 258 g/mol. The van der Waals surface area contributed by atoms with Gasteiger partial charge in [0.25, 0.3) is 0 Å². The first-order chi connectivity index (χ1) is 8.16. The van der Waals surface area contributed by atoms with Gasteiger partial charge >= 0.3 is 5.97 Å². The number of rotatable bonds is 4. The molecule has 0 radical (unpaired) electrons. The van der Waals surface area contributed by atoms with Gasteiger partial charge in [-0.05, 0) is 26.2 Å². The first-order valence-corrected chi connectivity index (χ1v) is 7.86. The van der Waals surface area contributed by atoms with Crippen LogP contribution in [0.15, 0.2) is 0 Å². The number of carboxylic acid groups (broad SMARTS) is 1. The summed E-state index contributed by atoms with van der Waals surface area (Å²) < 4.78 is 22.8. The molecule has 7 heteroatoms. The summed E-state index contributed by atoms with van der Waals surface area (Å²) in [6, 6.07) is 0. The van der Waals surface area contributed by atoms with Gasteiger partial charge in [0.2, 0.25) is 5.91 Å². The van der Waals surface area contributed by atoms with E-state index in [1.165, 1.54) is 11.8 Å². The zero-order chi connectivity index (χ0) is 14.1. The molecule has 0 aliphatic carbocycles. The first-order valence-electron chi connectivity index (χ1n) is 5.90. The minimum Gasteiger partial charge on any atom is -0.479 e. The number of aliphatic carboxylic acids is 1. The van der Waals surface area contributed by atoms with Gasteiger partial charge < -0.3 is 10.0 Å². The Bertz CT molecular complexity index is 458. The number of amides is 1. The number of carbonyl (C=O) groups is 2. The first kappa shape index (κ1) is 14.9. The van der Waals surface area contributed by atoms with E-state index in [2.05, 4.69) is 0 Å². The summed E-state index contributed by atoms with van der Waals surface area (Å²) in [5.74, 6) is -1.67. The lowest BCUT2D eigenvalue weighted by Gasteiger charge is -2.35. The van der Waals surface area contributed by atoms with Gasteiger partial charge in [0.1, 0.15) is 10.8 Å². The molecule has 1 heterocycles. The Morgan fingerprint density at radius 2 is 2.00 bits per heavy atom. The summed E-state index contributed by atoms with van der Waals surface area (Å²) in [5, 5.41) is 8.13. The van der Waals surface area contributed by atoms with E-state index in [1.54, 1.807) is 6.92 Å². The highest BCUT2D eigenvalue weighted by Gasteiger charge is 2.50. The van der Waals surface area contributed by atoms with E-state index in [0.29, 0.717) is 19.4 Å². The topological polar surface area (TPSA) is 91.8 Å². The van der Waals surface area contributed by atoms with Crippen molar-refractivity contribution in [1.82, 2.24) is 4.90 Å². The second-order valence-corrected chi connectivity index (χ2v) is 7.12. The third-order valence-corrected chi connectivity index (χ3v) is 5.21. The second kappa shape index (κ2) is 4.87. The van der Waals surface area contributed by atoms with Crippen molar-refractivity contribution in [3.63, 3.8) is 0 Å². The molecule has 0 saturated carbocycles. The van der Waals surface area contributed by atoms with Crippen LogP contribution in [0.1, 0.15) is 33.1 Å². The monoisotopic (exact) mass is 277 g/mol. The molecule has 1 rings (SSSR count). The Labute approximate surface area is 107 Å². The van der Waals surface area contributed by atoms with Gasteiger partial charge in [-0.2, -0.15) is 0 Å². The summed E-state index contributed by atoms with van der Waals surface area (Å²) in [5.41, 5.74) is -1.24. The third kappa shape index (κ3) is 2.36. The van der Waals surface area contributed by atoms with Gasteiger partial charge in [0.05, 0.1) is 0 Å². The molecule has 1 aliphatic heterocycles. The predicted molar refractivity (Wildman–Crippen MR) is 65.9 cm³/mol. The van der Waals surface area contributed by atoms with Crippen molar-refractivity contribution < 1.29 is 23.1 Å². The van der Waals surface area contributed by atoms with Gasteiger partial charge in [-0.15, -0.1) is 0 Å². The smallest absolute Gasteiger partial charge is 0.329 e. The molecule has 0 bridgehead atoms. The number of likely N-dealkylation sites (tertiary alicyclic amines) is 1. The molecule has 0 aromatic rings. The fourth-order valence-corrected chi connectivity index (χ4v) is 2.84. The molecule has 1 aliphatic rings. The molecule has 1 saturated heterocycles.